The summed E-state index contributed by atoms with van der Waals surface area (Å²) in [7, 11) is 1.75. The Hall–Kier alpha value is -6.13. The number of nitrogens with two attached hydrogens (primary N) is 2. The zero-order valence-electron chi connectivity index (χ0n) is 32.5. The van der Waals surface area contributed by atoms with Crippen LogP contribution in [-0.2, 0) is 18.3 Å². The number of nitrogens with zero attached hydrogens (tertiary/aromatic N) is 7. The topological polar surface area (TPSA) is 172 Å². The molecular formula is C43H41Cl2FN10O3S. The van der Waals surface area contributed by atoms with Crippen LogP contribution >= 0.6 is 34.5 Å². The second-order valence-corrected chi connectivity index (χ2v) is 16.0. The summed E-state index contributed by atoms with van der Waals surface area (Å²) in [6.07, 6.45) is 6.53. The van der Waals surface area contributed by atoms with E-state index >= 15 is 0 Å². The fourth-order valence-corrected chi connectivity index (χ4v) is 8.44. The predicted octanol–water partition coefficient (Wildman–Crippen LogP) is 8.11. The molecular weight excluding hydrogens is 827 g/mol. The zero-order valence-corrected chi connectivity index (χ0v) is 34.8. The van der Waals surface area contributed by atoms with Crippen LogP contribution in [-0.4, -0.2) is 71.9 Å². The van der Waals surface area contributed by atoms with Gasteiger partial charge in [-0.25, -0.2) is 19.0 Å². The number of nitrogen functional groups attached to an aromatic ring is 1. The summed E-state index contributed by atoms with van der Waals surface area (Å²) in [6, 6.07) is 24.9. The molecule has 0 unspecified atom stereocenters. The van der Waals surface area contributed by atoms with E-state index in [1.54, 1.807) is 34.8 Å². The van der Waals surface area contributed by atoms with E-state index in [0.29, 0.717) is 67.5 Å². The number of likely N-dealkylation sites (tertiary alicyclic amines) is 1. The van der Waals surface area contributed by atoms with Gasteiger partial charge in [-0.15, -0.1) is 11.3 Å². The van der Waals surface area contributed by atoms with Gasteiger partial charge in [0.15, 0.2) is 5.65 Å². The maximum Gasteiger partial charge on any atom is 0.261 e. The van der Waals surface area contributed by atoms with Crippen molar-refractivity contribution >= 4 is 63.2 Å². The fraction of sp³-hybridized carbons (Fsp3) is 0.209. The molecule has 2 atom stereocenters. The van der Waals surface area contributed by atoms with Crippen molar-refractivity contribution in [3.8, 4) is 34.0 Å². The highest BCUT2D eigenvalue weighted by atomic mass is 35.5. The van der Waals surface area contributed by atoms with Crippen LogP contribution in [0.3, 0.4) is 0 Å². The Morgan fingerprint density at radius 1 is 1.07 bits per heavy atom. The van der Waals surface area contributed by atoms with Crippen molar-refractivity contribution in [2.75, 3.05) is 25.4 Å². The van der Waals surface area contributed by atoms with Crippen molar-refractivity contribution in [1.82, 2.24) is 39.7 Å². The molecule has 2 amide bonds. The van der Waals surface area contributed by atoms with E-state index in [1.165, 1.54) is 30.7 Å². The van der Waals surface area contributed by atoms with Gasteiger partial charge in [-0.1, -0.05) is 60.1 Å². The quantitative estimate of drug-likeness (QED) is 0.109. The van der Waals surface area contributed by atoms with Crippen molar-refractivity contribution in [2.24, 2.45) is 12.8 Å². The summed E-state index contributed by atoms with van der Waals surface area (Å²) in [4.78, 5) is 35.7. The summed E-state index contributed by atoms with van der Waals surface area (Å²) in [5.41, 5.74) is 16.3. The molecule has 0 saturated carbocycles. The van der Waals surface area contributed by atoms with Gasteiger partial charge < -0.3 is 26.4 Å². The van der Waals surface area contributed by atoms with Crippen LogP contribution in [0.1, 0.15) is 34.1 Å². The Morgan fingerprint density at radius 2 is 1.83 bits per heavy atom. The number of amides is 2. The largest absolute Gasteiger partial charge is 0.457 e. The minimum atomic E-state index is -0.330. The molecule has 4 aromatic heterocycles. The van der Waals surface area contributed by atoms with E-state index in [1.807, 2.05) is 59.3 Å². The van der Waals surface area contributed by atoms with E-state index < -0.39 is 0 Å². The molecule has 0 aliphatic carbocycles. The summed E-state index contributed by atoms with van der Waals surface area (Å²) < 4.78 is 23.2. The number of hydrogen-bond acceptors (Lipinski definition) is 10. The molecule has 60 heavy (non-hydrogen) atoms. The number of benzene rings is 3. The van der Waals surface area contributed by atoms with Crippen LogP contribution in [0.4, 0.5) is 10.2 Å². The lowest BCUT2D eigenvalue weighted by Gasteiger charge is -2.32. The Bertz CT molecular complexity index is 2610. The number of hydrogen-bond donors (Lipinski definition) is 3. The summed E-state index contributed by atoms with van der Waals surface area (Å²) in [5.74, 6) is 1.19. The number of carbonyl (C=O) groups is 2. The second kappa shape index (κ2) is 18.8. The molecule has 1 aliphatic heterocycles. The third-order valence-electron chi connectivity index (χ3n) is 9.90. The number of ether oxygens (including phenoxy) is 1. The third-order valence-corrected chi connectivity index (χ3v) is 11.5. The Balaban J connectivity index is 0.000000186. The van der Waals surface area contributed by atoms with Gasteiger partial charge in [0.1, 0.15) is 39.5 Å². The van der Waals surface area contributed by atoms with Crippen molar-refractivity contribution in [3.63, 3.8) is 0 Å². The molecule has 308 valence electrons. The molecule has 0 radical (unpaired) electrons. The molecule has 1 saturated heterocycles. The normalized spacial score (nSPS) is 14.3. The number of nitrogens with one attached hydrogen (secondary N) is 1. The van der Waals surface area contributed by atoms with Gasteiger partial charge in [-0.2, -0.15) is 10.2 Å². The van der Waals surface area contributed by atoms with Gasteiger partial charge in [0.05, 0.1) is 33.2 Å². The van der Waals surface area contributed by atoms with Gasteiger partial charge in [0.2, 0.25) is 5.91 Å². The molecule has 0 spiro atoms. The molecule has 8 rings (SSSR count). The first-order chi connectivity index (χ1) is 29.0. The lowest BCUT2D eigenvalue weighted by molar-refractivity contribution is -0.127. The molecule has 3 aromatic carbocycles. The van der Waals surface area contributed by atoms with Crippen LogP contribution in [0.25, 0.3) is 33.5 Å². The third kappa shape index (κ3) is 9.50. The Kier molecular flexibility index (Phi) is 13.2. The van der Waals surface area contributed by atoms with Crippen LogP contribution in [0, 0.1) is 5.82 Å². The number of para-hydroxylation sites is 1. The minimum absolute atomic E-state index is 0.00566. The number of piperidine rings is 1. The van der Waals surface area contributed by atoms with Crippen molar-refractivity contribution < 1.29 is 18.7 Å². The average Bonchev–Trinajstić information content (AvgIpc) is 3.95. The molecule has 5 N–H and O–H groups in total. The second-order valence-electron chi connectivity index (χ2n) is 14.0. The predicted molar refractivity (Wildman–Crippen MR) is 234 cm³/mol. The summed E-state index contributed by atoms with van der Waals surface area (Å²) in [6.45, 7) is 5.10. The van der Waals surface area contributed by atoms with Crippen LogP contribution in [0.5, 0.6) is 11.5 Å². The monoisotopic (exact) mass is 866 g/mol. The number of aryl methyl sites for hydroxylation is 1. The highest BCUT2D eigenvalue weighted by molar-refractivity contribution is 7.18. The lowest BCUT2D eigenvalue weighted by Crippen LogP contribution is -2.41. The van der Waals surface area contributed by atoms with Crippen molar-refractivity contribution in [1.29, 1.82) is 0 Å². The maximum atomic E-state index is 13.3. The van der Waals surface area contributed by atoms with Gasteiger partial charge in [0.25, 0.3) is 5.91 Å². The first-order valence-electron chi connectivity index (χ1n) is 19.0. The number of carbonyl (C=O) groups excluding carboxylic acids is 2. The molecule has 7 aromatic rings. The molecule has 17 heteroatoms. The van der Waals surface area contributed by atoms with Crippen molar-refractivity contribution in [2.45, 2.75) is 31.3 Å². The average molecular weight is 868 g/mol. The van der Waals surface area contributed by atoms with Crippen LogP contribution in [0.2, 0.25) is 9.36 Å². The summed E-state index contributed by atoms with van der Waals surface area (Å²) in [5, 5.41) is 13.0. The number of fused-ring (bicyclic) bond motifs is 1. The Labute approximate surface area is 359 Å². The lowest BCUT2D eigenvalue weighted by atomic mass is 10.1. The van der Waals surface area contributed by atoms with Gasteiger partial charge in [-0.05, 0) is 85.5 Å². The number of aromatic nitrogens is 6. The number of rotatable bonds is 11. The van der Waals surface area contributed by atoms with Gasteiger partial charge >= 0.3 is 0 Å². The standard InChI is InChI=1S/C25H24N6O2.C18H17Cl2FN4OS/c1-2-21(32)30-14-6-7-18(15-30)31-25-22(24(26)27-16-28-25)23(29-31)17-10-12-20(13-11-17)33-19-8-4-3-5-9-19;1-25-16(14(19)9-23-25)13-7-15(27-17(13)20)18(26)24-12(8-22)6-10-3-2-4-11(21)5-10/h2-5,8-13,16,18H,1,6-7,14-15H2,(H2,26,27,28);2-5,7,9,12H,6,8,22H2,1H3,(H,24,26)/t18-;12-/m10/s1. The zero-order chi connectivity index (χ0) is 42.3. The Morgan fingerprint density at radius 3 is 2.53 bits per heavy atom. The molecule has 1 aliphatic rings. The molecule has 5 heterocycles. The number of thiophene rings is 1. The number of halogens is 3. The number of anilines is 1. The van der Waals surface area contributed by atoms with E-state index in [4.69, 9.17) is 44.5 Å². The van der Waals surface area contributed by atoms with E-state index in [9.17, 15) is 14.0 Å². The van der Waals surface area contributed by atoms with Crippen LogP contribution < -0.4 is 21.5 Å². The summed E-state index contributed by atoms with van der Waals surface area (Å²) >= 11 is 13.6. The van der Waals surface area contributed by atoms with E-state index in [2.05, 4.69) is 27.0 Å². The minimum Gasteiger partial charge on any atom is -0.457 e. The van der Waals surface area contributed by atoms with Crippen LogP contribution in [0.15, 0.2) is 110 Å². The van der Waals surface area contributed by atoms with E-state index in [0.717, 1.165) is 46.8 Å². The SMILES string of the molecule is C=CC(=O)N1CCC[C@@H](n2nc(-c3ccc(Oc4ccccc4)cc3)c3c(N)ncnc32)C1.Cn1ncc(Cl)c1-c1cc(C(=O)N[C@H](CN)Cc2cccc(F)c2)sc1Cl. The van der Waals surface area contributed by atoms with Gasteiger partial charge in [0, 0.05) is 43.9 Å². The van der Waals surface area contributed by atoms with E-state index in [-0.39, 0.29) is 36.3 Å². The highest BCUT2D eigenvalue weighted by Crippen LogP contribution is 2.39. The first kappa shape index (κ1) is 42.0. The van der Waals surface area contributed by atoms with Gasteiger partial charge in [-0.3, -0.25) is 14.3 Å². The van der Waals surface area contributed by atoms with Crippen molar-refractivity contribution in [3.05, 3.63) is 136 Å². The molecule has 0 bridgehead atoms. The highest BCUT2D eigenvalue weighted by Gasteiger charge is 2.28. The first-order valence-corrected chi connectivity index (χ1v) is 20.6. The smallest absolute Gasteiger partial charge is 0.261 e. The molecule has 1 fully saturated rings. The maximum absolute atomic E-state index is 13.3. The fourth-order valence-electron chi connectivity index (χ4n) is 7.00. The molecule has 13 nitrogen and oxygen atoms in total.